The van der Waals surface area contributed by atoms with Crippen LogP contribution in [0.2, 0.25) is 0 Å². The lowest BCUT2D eigenvalue weighted by molar-refractivity contribution is -0.114. The van der Waals surface area contributed by atoms with Crippen LogP contribution in [0.15, 0.2) is 24.4 Å². The number of ether oxygens (including phenoxy) is 1. The first-order valence-electron chi connectivity index (χ1n) is 12.5. The van der Waals surface area contributed by atoms with Gasteiger partial charge in [0, 0.05) is 49.4 Å². The number of anilines is 4. The summed E-state index contributed by atoms with van der Waals surface area (Å²) in [5, 5.41) is 10.7. The second-order valence-electron chi connectivity index (χ2n) is 10.1. The first kappa shape index (κ1) is 22.2. The average Bonchev–Trinajstić information content (AvgIpc) is 3.41. The van der Waals surface area contributed by atoms with E-state index >= 15 is 0 Å². The normalized spacial score (nSPS) is 23.6. The molecule has 3 aliphatic rings. The van der Waals surface area contributed by atoms with E-state index in [2.05, 4.69) is 38.3 Å². The van der Waals surface area contributed by atoms with E-state index in [1.54, 1.807) is 0 Å². The third kappa shape index (κ3) is 3.71. The topological polar surface area (TPSA) is 125 Å². The zero-order valence-corrected chi connectivity index (χ0v) is 20.3. The summed E-state index contributed by atoms with van der Waals surface area (Å²) >= 11 is 0. The maximum Gasteiger partial charge on any atom is 0.221 e. The number of amides is 1. The van der Waals surface area contributed by atoms with Crippen molar-refractivity contribution < 1.29 is 9.53 Å². The molecule has 3 aromatic rings. The number of fused-ring (bicyclic) bond motifs is 2. The monoisotopic (exact) mass is 476 g/mol. The smallest absolute Gasteiger partial charge is 0.221 e. The van der Waals surface area contributed by atoms with E-state index in [-0.39, 0.29) is 23.5 Å². The number of aromatic nitrogens is 4. The van der Waals surface area contributed by atoms with Gasteiger partial charge >= 0.3 is 0 Å². The molecule has 0 aliphatic carbocycles. The molecule has 35 heavy (non-hydrogen) atoms. The van der Waals surface area contributed by atoms with Crippen LogP contribution in [0.5, 0.6) is 0 Å². The quantitative estimate of drug-likeness (QED) is 0.527. The Labute approximate surface area is 204 Å². The Bertz CT molecular complexity index is 1270. The van der Waals surface area contributed by atoms with Gasteiger partial charge in [0.2, 0.25) is 5.91 Å². The maximum absolute atomic E-state index is 11.7. The molecular formula is C25H32N8O2. The molecule has 0 unspecified atom stereocenters. The van der Waals surface area contributed by atoms with Crippen LogP contribution in [-0.4, -0.2) is 64.5 Å². The lowest BCUT2D eigenvalue weighted by Gasteiger charge is -2.41. The number of hydrogen-bond acceptors (Lipinski definition) is 8. The summed E-state index contributed by atoms with van der Waals surface area (Å²) in [6.45, 7) is 6.95. The molecule has 184 valence electrons. The Morgan fingerprint density at radius 3 is 2.86 bits per heavy atom. The van der Waals surface area contributed by atoms with Gasteiger partial charge in [0.15, 0.2) is 17.0 Å². The maximum atomic E-state index is 11.7. The van der Waals surface area contributed by atoms with Crippen molar-refractivity contribution >= 4 is 40.1 Å². The summed E-state index contributed by atoms with van der Waals surface area (Å²) in [6.07, 6.45) is 5.83. The summed E-state index contributed by atoms with van der Waals surface area (Å²) in [4.78, 5) is 25.8. The molecule has 2 saturated heterocycles. The molecule has 2 atom stereocenters. The molecule has 10 heteroatoms. The van der Waals surface area contributed by atoms with Crippen LogP contribution in [-0.2, 0) is 16.0 Å². The van der Waals surface area contributed by atoms with Gasteiger partial charge in [-0.1, -0.05) is 6.07 Å². The van der Waals surface area contributed by atoms with Crippen molar-refractivity contribution in [2.75, 3.05) is 41.4 Å². The zero-order valence-electron chi connectivity index (χ0n) is 20.3. The van der Waals surface area contributed by atoms with Gasteiger partial charge in [-0.05, 0) is 50.3 Å². The second kappa shape index (κ2) is 8.46. The van der Waals surface area contributed by atoms with Gasteiger partial charge in [-0.25, -0.2) is 9.97 Å². The lowest BCUT2D eigenvalue weighted by atomic mass is 9.73. The number of benzene rings is 1. The molecule has 1 amide bonds. The summed E-state index contributed by atoms with van der Waals surface area (Å²) in [5.41, 5.74) is 11.0. The summed E-state index contributed by atoms with van der Waals surface area (Å²) in [7, 11) is 0. The van der Waals surface area contributed by atoms with Crippen LogP contribution in [0, 0.1) is 5.41 Å². The number of nitrogens with one attached hydrogen (secondary N) is 2. The van der Waals surface area contributed by atoms with Gasteiger partial charge in [-0.2, -0.15) is 5.10 Å². The summed E-state index contributed by atoms with van der Waals surface area (Å²) in [5.74, 6) is 1.55. The fraction of sp³-hybridized carbons (Fsp3) is 0.520. The van der Waals surface area contributed by atoms with Crippen LogP contribution < -0.4 is 20.9 Å². The summed E-state index contributed by atoms with van der Waals surface area (Å²) in [6, 6.07) is 6.08. The molecule has 0 saturated carbocycles. The highest BCUT2D eigenvalue weighted by Crippen LogP contribution is 2.42. The Hall–Kier alpha value is -3.24. The lowest BCUT2D eigenvalue weighted by Crippen LogP contribution is -2.50. The van der Waals surface area contributed by atoms with Crippen molar-refractivity contribution in [3.8, 4) is 0 Å². The number of piperidine rings is 1. The van der Waals surface area contributed by atoms with Crippen LogP contribution >= 0.6 is 0 Å². The van der Waals surface area contributed by atoms with Crippen molar-refractivity contribution in [2.45, 2.75) is 51.7 Å². The molecule has 2 aromatic heterocycles. The highest BCUT2D eigenvalue weighted by atomic mass is 16.5. The van der Waals surface area contributed by atoms with Crippen molar-refractivity contribution in [3.63, 3.8) is 0 Å². The highest BCUT2D eigenvalue weighted by Gasteiger charge is 2.47. The zero-order chi connectivity index (χ0) is 24.2. The SMILES string of the molecule is CC(=O)Nc1cccc2c1CCCN2c1n[nH]c2nc(N3CCC4(CC3)CO[C@@H](C)[C@H]4N)cnc12. The minimum Gasteiger partial charge on any atom is -0.376 e. The Morgan fingerprint density at radius 1 is 1.29 bits per heavy atom. The predicted molar refractivity (Wildman–Crippen MR) is 135 cm³/mol. The van der Waals surface area contributed by atoms with Crippen LogP contribution in [0.4, 0.5) is 23.0 Å². The van der Waals surface area contributed by atoms with Crippen molar-refractivity contribution in [2.24, 2.45) is 11.1 Å². The van der Waals surface area contributed by atoms with Gasteiger partial charge in [0.05, 0.1) is 18.9 Å². The molecule has 2 fully saturated rings. The first-order chi connectivity index (χ1) is 16.9. The molecular weight excluding hydrogens is 444 g/mol. The standard InChI is InChI=1S/C25H32N8O2/c1-15-22(26)25(14-35-15)8-11-32(12-9-25)20-13-27-21-23(29-20)30-31-24(21)33-10-4-5-17-18(28-16(2)34)6-3-7-19(17)33/h3,6-7,13,15,22H,4-5,8-12,14,26H2,1-2H3,(H,28,34)(H,29,30,31)/t15-,22+/m0/s1. The summed E-state index contributed by atoms with van der Waals surface area (Å²) < 4.78 is 5.86. The fourth-order valence-electron chi connectivity index (χ4n) is 5.93. The van der Waals surface area contributed by atoms with Crippen molar-refractivity contribution in [1.82, 2.24) is 20.2 Å². The van der Waals surface area contributed by atoms with E-state index in [4.69, 9.17) is 20.4 Å². The number of hydrogen-bond donors (Lipinski definition) is 3. The third-order valence-corrected chi connectivity index (χ3v) is 7.99. The Balaban J connectivity index is 1.25. The number of aromatic amines is 1. The van der Waals surface area contributed by atoms with Crippen molar-refractivity contribution in [3.05, 3.63) is 30.0 Å². The van der Waals surface area contributed by atoms with Crippen LogP contribution in [0.3, 0.4) is 0 Å². The van der Waals surface area contributed by atoms with Crippen molar-refractivity contribution in [1.29, 1.82) is 0 Å². The van der Waals surface area contributed by atoms with Gasteiger partial charge < -0.3 is 25.6 Å². The highest BCUT2D eigenvalue weighted by molar-refractivity contribution is 5.93. The molecule has 4 N–H and O–H groups in total. The molecule has 10 nitrogen and oxygen atoms in total. The fourth-order valence-corrected chi connectivity index (χ4v) is 5.93. The predicted octanol–water partition coefficient (Wildman–Crippen LogP) is 2.73. The molecule has 5 heterocycles. The van der Waals surface area contributed by atoms with E-state index in [0.29, 0.717) is 5.65 Å². The van der Waals surface area contributed by atoms with Crippen LogP contribution in [0.1, 0.15) is 38.7 Å². The van der Waals surface area contributed by atoms with E-state index in [1.165, 1.54) is 6.92 Å². The minimum absolute atomic E-state index is 0.0697. The molecule has 0 radical (unpaired) electrons. The first-order valence-corrected chi connectivity index (χ1v) is 12.5. The number of carbonyl (C=O) groups excluding carboxylic acids is 1. The third-order valence-electron chi connectivity index (χ3n) is 7.99. The molecule has 1 aromatic carbocycles. The van der Waals surface area contributed by atoms with Gasteiger partial charge in [-0.3, -0.25) is 9.89 Å². The molecule has 1 spiro atoms. The van der Waals surface area contributed by atoms with Gasteiger partial charge in [0.25, 0.3) is 0 Å². The molecule has 6 rings (SSSR count). The Kier molecular flexibility index (Phi) is 5.37. The minimum atomic E-state index is -0.0697. The average molecular weight is 477 g/mol. The second-order valence-corrected chi connectivity index (χ2v) is 10.1. The van der Waals surface area contributed by atoms with E-state index < -0.39 is 0 Å². The van der Waals surface area contributed by atoms with E-state index in [1.807, 2.05) is 18.3 Å². The molecule has 3 aliphatic heterocycles. The van der Waals surface area contributed by atoms with E-state index in [9.17, 15) is 4.79 Å². The van der Waals surface area contributed by atoms with Gasteiger partial charge in [0.1, 0.15) is 5.82 Å². The number of rotatable bonds is 3. The molecule has 0 bridgehead atoms. The Morgan fingerprint density at radius 2 is 2.11 bits per heavy atom. The van der Waals surface area contributed by atoms with E-state index in [0.717, 1.165) is 86.0 Å². The van der Waals surface area contributed by atoms with Gasteiger partial charge in [-0.15, -0.1) is 0 Å². The number of H-pyrrole nitrogens is 1. The number of carbonyl (C=O) groups is 1. The van der Waals surface area contributed by atoms with Crippen LogP contribution in [0.25, 0.3) is 11.2 Å². The number of nitrogens with zero attached hydrogens (tertiary/aromatic N) is 5. The largest absolute Gasteiger partial charge is 0.376 e. The number of nitrogens with two attached hydrogens (primary N) is 1.